The predicted octanol–water partition coefficient (Wildman–Crippen LogP) is 3.61. The van der Waals surface area contributed by atoms with E-state index in [-0.39, 0.29) is 17.9 Å². The fourth-order valence-corrected chi connectivity index (χ4v) is 2.03. The molecule has 132 valence electrons. The van der Waals surface area contributed by atoms with Gasteiger partial charge in [-0.25, -0.2) is 13.2 Å². The number of aryl methyl sites for hydroxylation is 1. The molecule has 0 aliphatic rings. The quantitative estimate of drug-likeness (QED) is 0.809. The molecule has 1 atom stereocenters. The van der Waals surface area contributed by atoms with Crippen LogP contribution in [0.5, 0.6) is 0 Å². The average Bonchev–Trinajstić information content (AvgIpc) is 2.57. The van der Waals surface area contributed by atoms with Crippen molar-refractivity contribution in [1.29, 1.82) is 0 Å². The Morgan fingerprint density at radius 3 is 2.36 bits per heavy atom. The highest BCUT2D eigenvalue weighted by atomic mass is 19.1. The van der Waals surface area contributed by atoms with Crippen LogP contribution in [-0.4, -0.2) is 18.0 Å². The molecular weight excluding hydrogens is 335 g/mol. The summed E-state index contributed by atoms with van der Waals surface area (Å²) in [7, 11) is 0. The molecule has 0 heterocycles. The second-order valence-electron chi connectivity index (χ2n) is 5.37. The largest absolute Gasteiger partial charge is 0.453 e. The zero-order chi connectivity index (χ0) is 18.4. The minimum Gasteiger partial charge on any atom is -0.453 e. The van der Waals surface area contributed by atoms with Gasteiger partial charge < -0.3 is 10.1 Å². The van der Waals surface area contributed by atoms with Crippen molar-refractivity contribution in [3.63, 3.8) is 0 Å². The Balaban J connectivity index is 1.84. The van der Waals surface area contributed by atoms with Crippen LogP contribution in [0, 0.1) is 17.5 Å². The lowest BCUT2D eigenvalue weighted by atomic mass is 10.1. The molecule has 0 saturated heterocycles. The Hall–Kier alpha value is -2.83. The van der Waals surface area contributed by atoms with Crippen molar-refractivity contribution in [3.8, 4) is 0 Å². The predicted molar refractivity (Wildman–Crippen MR) is 85.3 cm³/mol. The van der Waals surface area contributed by atoms with Crippen molar-refractivity contribution in [2.75, 3.05) is 5.32 Å². The van der Waals surface area contributed by atoms with E-state index in [4.69, 9.17) is 4.74 Å². The first-order chi connectivity index (χ1) is 11.8. The van der Waals surface area contributed by atoms with Gasteiger partial charge in [0.05, 0.1) is 5.69 Å². The zero-order valence-electron chi connectivity index (χ0n) is 13.4. The number of carbonyl (C=O) groups is 2. The van der Waals surface area contributed by atoms with E-state index in [1.54, 1.807) is 12.1 Å². The number of hydrogen-bond donors (Lipinski definition) is 1. The van der Waals surface area contributed by atoms with E-state index in [1.807, 2.05) is 0 Å². The smallest absolute Gasteiger partial charge is 0.306 e. The maximum atomic E-state index is 13.5. The molecule has 0 radical (unpaired) electrons. The number of hydrogen-bond acceptors (Lipinski definition) is 3. The van der Waals surface area contributed by atoms with Crippen LogP contribution in [0.25, 0.3) is 0 Å². The standard InChI is InChI=1S/C18H16F3NO3/c1-11(18(24)22-16-10-14(20)7-8-15(16)21)25-17(23)9-4-12-2-5-13(19)6-3-12/h2-3,5-8,10-11H,4,9H2,1H3,(H,22,24)/t11-/m1/s1. The summed E-state index contributed by atoms with van der Waals surface area (Å²) in [5.74, 6) is -3.29. The summed E-state index contributed by atoms with van der Waals surface area (Å²) >= 11 is 0. The zero-order valence-corrected chi connectivity index (χ0v) is 13.4. The summed E-state index contributed by atoms with van der Waals surface area (Å²) in [5.41, 5.74) is 0.413. The summed E-state index contributed by atoms with van der Waals surface area (Å²) < 4.78 is 44.3. The van der Waals surface area contributed by atoms with Gasteiger partial charge >= 0.3 is 5.97 Å². The monoisotopic (exact) mass is 351 g/mol. The van der Waals surface area contributed by atoms with Crippen LogP contribution in [-0.2, 0) is 20.7 Å². The molecule has 0 aliphatic heterocycles. The fourth-order valence-electron chi connectivity index (χ4n) is 2.03. The Bertz CT molecular complexity index is 763. The second-order valence-corrected chi connectivity index (χ2v) is 5.37. The first-order valence-corrected chi connectivity index (χ1v) is 7.55. The molecule has 2 rings (SSSR count). The summed E-state index contributed by atoms with van der Waals surface area (Å²) in [6.07, 6.45) is -0.854. The Kier molecular flexibility index (Phi) is 6.16. The van der Waals surface area contributed by atoms with Gasteiger partial charge in [-0.3, -0.25) is 9.59 Å². The van der Waals surface area contributed by atoms with E-state index in [0.717, 1.165) is 23.8 Å². The van der Waals surface area contributed by atoms with Gasteiger partial charge in [-0.1, -0.05) is 12.1 Å². The molecular formula is C18H16F3NO3. The molecule has 0 aliphatic carbocycles. The first-order valence-electron chi connectivity index (χ1n) is 7.55. The third-order valence-electron chi connectivity index (χ3n) is 3.39. The highest BCUT2D eigenvalue weighted by molar-refractivity contribution is 5.95. The van der Waals surface area contributed by atoms with E-state index in [0.29, 0.717) is 6.42 Å². The van der Waals surface area contributed by atoms with Gasteiger partial charge in [-0.15, -0.1) is 0 Å². The molecule has 2 aromatic carbocycles. The van der Waals surface area contributed by atoms with Crippen LogP contribution in [0.4, 0.5) is 18.9 Å². The van der Waals surface area contributed by atoms with Gasteiger partial charge in [0.15, 0.2) is 6.10 Å². The van der Waals surface area contributed by atoms with E-state index < -0.39 is 29.6 Å². The van der Waals surface area contributed by atoms with Gasteiger partial charge in [0.1, 0.15) is 17.5 Å². The summed E-state index contributed by atoms with van der Waals surface area (Å²) in [6, 6.07) is 8.29. The lowest BCUT2D eigenvalue weighted by Gasteiger charge is -2.14. The molecule has 0 aromatic heterocycles. The second kappa shape index (κ2) is 8.32. The van der Waals surface area contributed by atoms with Gasteiger partial charge in [0, 0.05) is 12.5 Å². The minimum atomic E-state index is -1.18. The van der Waals surface area contributed by atoms with Crippen LogP contribution in [0.15, 0.2) is 42.5 Å². The SMILES string of the molecule is C[C@@H](OC(=O)CCc1ccc(F)cc1)C(=O)Nc1cc(F)ccc1F. The van der Waals surface area contributed by atoms with Gasteiger partial charge in [-0.2, -0.15) is 0 Å². The van der Waals surface area contributed by atoms with Crippen molar-refractivity contribution in [1.82, 2.24) is 0 Å². The number of ether oxygens (including phenoxy) is 1. The molecule has 25 heavy (non-hydrogen) atoms. The molecule has 0 spiro atoms. The third kappa shape index (κ3) is 5.63. The lowest BCUT2D eigenvalue weighted by molar-refractivity contribution is -0.153. The summed E-state index contributed by atoms with van der Waals surface area (Å²) in [6.45, 7) is 1.32. The maximum Gasteiger partial charge on any atom is 0.306 e. The van der Waals surface area contributed by atoms with Crippen molar-refractivity contribution in [2.45, 2.75) is 25.9 Å². The van der Waals surface area contributed by atoms with Crippen molar-refractivity contribution < 1.29 is 27.5 Å². The molecule has 2 aromatic rings. The van der Waals surface area contributed by atoms with Crippen molar-refractivity contribution >= 4 is 17.6 Å². The Morgan fingerprint density at radius 1 is 1.04 bits per heavy atom. The minimum absolute atomic E-state index is 0.00240. The van der Waals surface area contributed by atoms with E-state index in [1.165, 1.54) is 19.1 Å². The highest BCUT2D eigenvalue weighted by Gasteiger charge is 2.19. The topological polar surface area (TPSA) is 55.4 Å². The highest BCUT2D eigenvalue weighted by Crippen LogP contribution is 2.16. The van der Waals surface area contributed by atoms with Crippen LogP contribution in [0.1, 0.15) is 18.9 Å². The van der Waals surface area contributed by atoms with E-state index in [2.05, 4.69) is 5.32 Å². The molecule has 1 amide bonds. The first kappa shape index (κ1) is 18.5. The van der Waals surface area contributed by atoms with Crippen molar-refractivity contribution in [2.24, 2.45) is 0 Å². The number of carbonyl (C=O) groups excluding carboxylic acids is 2. The summed E-state index contributed by atoms with van der Waals surface area (Å²) in [4.78, 5) is 23.7. The number of amides is 1. The number of esters is 1. The van der Waals surface area contributed by atoms with Gasteiger partial charge in [-0.05, 0) is 43.2 Å². The number of halogens is 3. The van der Waals surface area contributed by atoms with Gasteiger partial charge in [0.2, 0.25) is 0 Å². The molecule has 0 bridgehead atoms. The van der Waals surface area contributed by atoms with Gasteiger partial charge in [0.25, 0.3) is 5.91 Å². The maximum absolute atomic E-state index is 13.5. The van der Waals surface area contributed by atoms with Crippen molar-refractivity contribution in [3.05, 3.63) is 65.5 Å². The number of nitrogens with one attached hydrogen (secondary N) is 1. The lowest BCUT2D eigenvalue weighted by Crippen LogP contribution is -2.30. The average molecular weight is 351 g/mol. The van der Waals surface area contributed by atoms with E-state index in [9.17, 15) is 22.8 Å². The normalized spacial score (nSPS) is 11.7. The molecule has 0 unspecified atom stereocenters. The van der Waals surface area contributed by atoms with E-state index >= 15 is 0 Å². The van der Waals surface area contributed by atoms with Crippen LogP contribution < -0.4 is 5.32 Å². The van der Waals surface area contributed by atoms with Crippen LogP contribution in [0.2, 0.25) is 0 Å². The number of rotatable bonds is 6. The number of benzene rings is 2. The third-order valence-corrected chi connectivity index (χ3v) is 3.39. The summed E-state index contributed by atoms with van der Waals surface area (Å²) in [5, 5.41) is 2.16. The Morgan fingerprint density at radius 2 is 1.68 bits per heavy atom. The fraction of sp³-hybridized carbons (Fsp3) is 0.222. The number of anilines is 1. The molecule has 4 nitrogen and oxygen atoms in total. The molecule has 1 N–H and O–H groups in total. The molecule has 0 fully saturated rings. The van der Waals surface area contributed by atoms with Crippen LogP contribution >= 0.6 is 0 Å². The van der Waals surface area contributed by atoms with Crippen LogP contribution in [0.3, 0.4) is 0 Å². The molecule has 7 heteroatoms. The Labute approximate surface area is 142 Å². The molecule has 0 saturated carbocycles.